The van der Waals surface area contributed by atoms with Crippen LogP contribution in [0.1, 0.15) is 49.7 Å². The van der Waals surface area contributed by atoms with Gasteiger partial charge in [0.1, 0.15) is 29.3 Å². The standard InChI is InChI=1S/C25H28FN5O3/c1-25(2,3)34-24(32)30-11-8-16(9-12-30)19-14-27-22(31-15-28-29-23(19)31)7-4-17-18-10-13-33-21(18)6-5-20(17)26/h5-6,8,14-15H,4,7,9-13H2,1-3H3. The molecule has 2 aliphatic rings. The topological polar surface area (TPSA) is 81.8 Å². The number of fused-ring (bicyclic) bond motifs is 2. The molecule has 0 saturated carbocycles. The van der Waals surface area contributed by atoms with E-state index in [0.29, 0.717) is 50.2 Å². The molecule has 0 radical (unpaired) electrons. The van der Waals surface area contributed by atoms with Crippen molar-refractivity contribution >= 4 is 17.3 Å². The van der Waals surface area contributed by atoms with Gasteiger partial charge in [0.25, 0.3) is 0 Å². The molecule has 0 spiro atoms. The Morgan fingerprint density at radius 2 is 2.09 bits per heavy atom. The van der Waals surface area contributed by atoms with Gasteiger partial charge >= 0.3 is 6.09 Å². The Hall–Kier alpha value is -3.49. The first-order valence-electron chi connectivity index (χ1n) is 11.6. The lowest BCUT2D eigenvalue weighted by Gasteiger charge is -2.29. The molecule has 178 valence electrons. The molecular weight excluding hydrogens is 437 g/mol. The summed E-state index contributed by atoms with van der Waals surface area (Å²) in [5.74, 6) is 1.34. The van der Waals surface area contributed by atoms with E-state index in [-0.39, 0.29) is 11.9 Å². The van der Waals surface area contributed by atoms with E-state index in [1.54, 1.807) is 17.3 Å². The van der Waals surface area contributed by atoms with E-state index < -0.39 is 5.60 Å². The zero-order chi connectivity index (χ0) is 23.9. The van der Waals surface area contributed by atoms with Crippen LogP contribution in [0.25, 0.3) is 11.2 Å². The Bertz CT molecular complexity index is 1280. The number of rotatable bonds is 4. The van der Waals surface area contributed by atoms with Crippen LogP contribution in [0.4, 0.5) is 9.18 Å². The van der Waals surface area contributed by atoms with E-state index in [1.807, 2.05) is 37.4 Å². The highest BCUT2D eigenvalue weighted by atomic mass is 19.1. The highest BCUT2D eigenvalue weighted by Gasteiger charge is 2.25. The minimum atomic E-state index is -0.524. The molecule has 0 N–H and O–H groups in total. The summed E-state index contributed by atoms with van der Waals surface area (Å²) in [4.78, 5) is 18.7. The number of hydrogen-bond acceptors (Lipinski definition) is 6. The highest BCUT2D eigenvalue weighted by molar-refractivity contribution is 5.78. The summed E-state index contributed by atoms with van der Waals surface area (Å²) in [6, 6.07) is 3.18. The summed E-state index contributed by atoms with van der Waals surface area (Å²) in [5.41, 5.74) is 3.80. The predicted octanol–water partition coefficient (Wildman–Crippen LogP) is 4.01. The molecule has 1 amide bonds. The lowest BCUT2D eigenvalue weighted by molar-refractivity contribution is 0.0270. The lowest BCUT2D eigenvalue weighted by Crippen LogP contribution is -2.39. The molecule has 5 rings (SSSR count). The number of halogens is 1. The van der Waals surface area contributed by atoms with Crippen LogP contribution >= 0.6 is 0 Å². The van der Waals surface area contributed by atoms with Crippen molar-refractivity contribution in [2.24, 2.45) is 0 Å². The molecular formula is C25H28FN5O3. The maximum atomic E-state index is 14.5. The Labute approximate surface area is 197 Å². The van der Waals surface area contributed by atoms with Crippen LogP contribution in [-0.4, -0.2) is 55.9 Å². The molecule has 8 nitrogen and oxygen atoms in total. The zero-order valence-electron chi connectivity index (χ0n) is 19.7. The average Bonchev–Trinajstić information content (AvgIpc) is 3.47. The second-order valence-electron chi connectivity index (χ2n) is 9.62. The van der Waals surface area contributed by atoms with E-state index >= 15 is 0 Å². The van der Waals surface area contributed by atoms with Crippen molar-refractivity contribution in [1.82, 2.24) is 24.5 Å². The molecule has 0 fully saturated rings. The number of aromatic nitrogens is 4. The number of aryl methyl sites for hydroxylation is 1. The van der Waals surface area contributed by atoms with Crippen LogP contribution in [0, 0.1) is 5.82 Å². The third-order valence-corrected chi connectivity index (χ3v) is 6.16. The maximum absolute atomic E-state index is 14.5. The van der Waals surface area contributed by atoms with Gasteiger partial charge in [0.15, 0.2) is 5.65 Å². The van der Waals surface area contributed by atoms with Gasteiger partial charge in [0, 0.05) is 43.3 Å². The largest absolute Gasteiger partial charge is 0.493 e. The molecule has 4 heterocycles. The molecule has 9 heteroatoms. The fraction of sp³-hybridized carbons (Fsp3) is 0.440. The van der Waals surface area contributed by atoms with Crippen molar-refractivity contribution in [3.05, 3.63) is 59.1 Å². The maximum Gasteiger partial charge on any atom is 0.410 e. The quantitative estimate of drug-likeness (QED) is 0.579. The first-order valence-corrected chi connectivity index (χ1v) is 11.6. The molecule has 0 unspecified atom stereocenters. The van der Waals surface area contributed by atoms with Crippen LogP contribution < -0.4 is 4.74 Å². The molecule has 2 aromatic heterocycles. The van der Waals surface area contributed by atoms with Gasteiger partial charge in [-0.2, -0.15) is 0 Å². The summed E-state index contributed by atoms with van der Waals surface area (Å²) >= 11 is 0. The normalized spacial score (nSPS) is 15.8. The van der Waals surface area contributed by atoms with Crippen molar-refractivity contribution in [2.45, 2.75) is 52.1 Å². The smallest absolute Gasteiger partial charge is 0.410 e. The molecule has 2 aliphatic heterocycles. The Morgan fingerprint density at radius 3 is 2.85 bits per heavy atom. The summed E-state index contributed by atoms with van der Waals surface area (Å²) < 4.78 is 27.5. The number of carbonyl (C=O) groups is 1. The number of amides is 1. The molecule has 0 bridgehead atoms. The summed E-state index contributed by atoms with van der Waals surface area (Å²) in [6.07, 6.45) is 7.63. The van der Waals surface area contributed by atoms with Gasteiger partial charge in [0.2, 0.25) is 0 Å². The zero-order valence-corrected chi connectivity index (χ0v) is 19.7. The van der Waals surface area contributed by atoms with Crippen LogP contribution in [0.3, 0.4) is 0 Å². The van der Waals surface area contributed by atoms with Crippen molar-refractivity contribution in [1.29, 1.82) is 0 Å². The molecule has 0 saturated heterocycles. The van der Waals surface area contributed by atoms with E-state index in [0.717, 1.165) is 34.7 Å². The molecule has 3 aromatic rings. The van der Waals surface area contributed by atoms with Gasteiger partial charge in [-0.3, -0.25) is 4.40 Å². The second-order valence-corrected chi connectivity index (χ2v) is 9.62. The third-order valence-electron chi connectivity index (χ3n) is 6.16. The Kier molecular flexibility index (Phi) is 5.71. The van der Waals surface area contributed by atoms with E-state index in [4.69, 9.17) is 9.47 Å². The van der Waals surface area contributed by atoms with Gasteiger partial charge < -0.3 is 14.4 Å². The second kappa shape index (κ2) is 8.70. The van der Waals surface area contributed by atoms with E-state index in [2.05, 4.69) is 15.2 Å². The third kappa shape index (κ3) is 4.34. The van der Waals surface area contributed by atoms with Crippen molar-refractivity contribution in [2.75, 3.05) is 19.7 Å². The minimum absolute atomic E-state index is 0.206. The molecule has 34 heavy (non-hydrogen) atoms. The Balaban J connectivity index is 1.34. The van der Waals surface area contributed by atoms with Crippen molar-refractivity contribution in [3.8, 4) is 5.75 Å². The monoisotopic (exact) mass is 465 g/mol. The summed E-state index contributed by atoms with van der Waals surface area (Å²) in [5, 5.41) is 8.42. The average molecular weight is 466 g/mol. The number of carbonyl (C=O) groups excluding carboxylic acids is 1. The predicted molar refractivity (Wildman–Crippen MR) is 124 cm³/mol. The van der Waals surface area contributed by atoms with Gasteiger partial charge in [-0.1, -0.05) is 6.08 Å². The fourth-order valence-electron chi connectivity index (χ4n) is 4.51. The number of benzene rings is 1. The number of hydrogen-bond donors (Lipinski definition) is 0. The highest BCUT2D eigenvalue weighted by Crippen LogP contribution is 2.31. The van der Waals surface area contributed by atoms with Crippen LogP contribution in [-0.2, 0) is 24.0 Å². The van der Waals surface area contributed by atoms with Crippen molar-refractivity contribution < 1.29 is 18.7 Å². The van der Waals surface area contributed by atoms with Gasteiger partial charge in [-0.25, -0.2) is 14.2 Å². The molecule has 0 atom stereocenters. The van der Waals surface area contributed by atoms with Gasteiger partial charge in [-0.15, -0.1) is 10.2 Å². The number of ether oxygens (including phenoxy) is 2. The van der Waals surface area contributed by atoms with Crippen LogP contribution in [0.15, 0.2) is 30.7 Å². The first kappa shape index (κ1) is 22.3. The van der Waals surface area contributed by atoms with E-state index in [9.17, 15) is 9.18 Å². The minimum Gasteiger partial charge on any atom is -0.493 e. The van der Waals surface area contributed by atoms with Crippen molar-refractivity contribution in [3.63, 3.8) is 0 Å². The SMILES string of the molecule is CC(C)(C)OC(=O)N1CC=C(c2cnc(CCc3c(F)ccc4c3CCO4)n3cnnc23)CC1. The van der Waals surface area contributed by atoms with E-state index in [1.165, 1.54) is 6.07 Å². The summed E-state index contributed by atoms with van der Waals surface area (Å²) in [7, 11) is 0. The first-order chi connectivity index (χ1) is 16.3. The van der Waals surface area contributed by atoms with Gasteiger partial charge in [0.05, 0.1) is 6.61 Å². The fourth-order valence-corrected chi connectivity index (χ4v) is 4.51. The molecule has 0 aliphatic carbocycles. The van der Waals surface area contributed by atoms with Crippen LogP contribution in [0.5, 0.6) is 5.75 Å². The lowest BCUT2D eigenvalue weighted by atomic mass is 9.99. The Morgan fingerprint density at radius 1 is 1.24 bits per heavy atom. The number of nitrogens with zero attached hydrogens (tertiary/aromatic N) is 5. The summed E-state index contributed by atoms with van der Waals surface area (Å²) in [6.45, 7) is 7.20. The van der Waals surface area contributed by atoms with Crippen LogP contribution in [0.2, 0.25) is 0 Å². The van der Waals surface area contributed by atoms with Gasteiger partial charge in [-0.05, 0) is 56.9 Å². The molecule has 1 aromatic carbocycles.